The van der Waals surface area contributed by atoms with Crippen LogP contribution in [0.1, 0.15) is 49.7 Å². The third-order valence-electron chi connectivity index (χ3n) is 6.61. The molecule has 0 unspecified atom stereocenters. The van der Waals surface area contributed by atoms with Gasteiger partial charge in [-0.1, -0.05) is 37.1 Å². The summed E-state index contributed by atoms with van der Waals surface area (Å²) in [5, 5.41) is 3.02. The number of carbonyl (C=O) groups excluding carboxylic acids is 2. The number of aryl methyl sites for hydroxylation is 1. The second-order valence-electron chi connectivity index (χ2n) is 8.53. The topological polar surface area (TPSA) is 58.6 Å². The highest BCUT2D eigenvalue weighted by atomic mass is 16.5. The van der Waals surface area contributed by atoms with Crippen LogP contribution in [0.5, 0.6) is 5.75 Å². The lowest BCUT2D eigenvalue weighted by molar-refractivity contribution is -0.141. The summed E-state index contributed by atoms with van der Waals surface area (Å²) in [6.07, 6.45) is 5.30. The van der Waals surface area contributed by atoms with Crippen molar-refractivity contribution in [2.45, 2.75) is 56.9 Å². The van der Waals surface area contributed by atoms with Crippen molar-refractivity contribution in [1.29, 1.82) is 0 Å². The van der Waals surface area contributed by atoms with Crippen molar-refractivity contribution < 1.29 is 14.3 Å². The van der Waals surface area contributed by atoms with E-state index >= 15 is 0 Å². The molecule has 1 saturated carbocycles. The lowest BCUT2D eigenvalue weighted by Crippen LogP contribution is -2.51. The van der Waals surface area contributed by atoms with Crippen LogP contribution >= 0.6 is 0 Å². The molecular formula is C25H30N2O3. The molecule has 2 aliphatic rings. The highest BCUT2D eigenvalue weighted by Gasteiger charge is 2.48. The molecule has 0 bridgehead atoms. The zero-order valence-electron chi connectivity index (χ0n) is 17.8. The Hall–Kier alpha value is -2.82. The van der Waals surface area contributed by atoms with Gasteiger partial charge < -0.3 is 15.0 Å². The Kier molecular flexibility index (Phi) is 5.80. The quantitative estimate of drug-likeness (QED) is 0.798. The fourth-order valence-electron chi connectivity index (χ4n) is 5.02. The Bertz CT molecular complexity index is 916. The Labute approximate surface area is 178 Å². The molecule has 158 valence electrons. The number of ether oxygens (including phenoxy) is 1. The average molecular weight is 407 g/mol. The van der Waals surface area contributed by atoms with Gasteiger partial charge in [0, 0.05) is 12.2 Å². The zero-order chi connectivity index (χ0) is 21.1. The number of anilines is 1. The van der Waals surface area contributed by atoms with E-state index < -0.39 is 11.5 Å². The number of likely N-dealkylation sites (tertiary alicyclic amines) is 1. The van der Waals surface area contributed by atoms with Gasteiger partial charge in [-0.2, -0.15) is 0 Å². The van der Waals surface area contributed by atoms with Crippen LogP contribution in [0.15, 0.2) is 48.5 Å². The first-order valence-corrected chi connectivity index (χ1v) is 10.9. The molecule has 0 spiro atoms. The third-order valence-corrected chi connectivity index (χ3v) is 6.61. The lowest BCUT2D eigenvalue weighted by Gasteiger charge is -2.35. The van der Waals surface area contributed by atoms with Gasteiger partial charge in [0.15, 0.2) is 0 Å². The minimum atomic E-state index is -0.529. The fourth-order valence-corrected chi connectivity index (χ4v) is 5.02. The molecule has 1 heterocycles. The van der Waals surface area contributed by atoms with Gasteiger partial charge in [-0.05, 0) is 68.0 Å². The largest absolute Gasteiger partial charge is 0.497 e. The highest BCUT2D eigenvalue weighted by Crippen LogP contribution is 2.44. The predicted molar refractivity (Wildman–Crippen MR) is 118 cm³/mol. The van der Waals surface area contributed by atoms with Crippen LogP contribution in [0.4, 0.5) is 5.69 Å². The van der Waals surface area contributed by atoms with Crippen LogP contribution in [0, 0.1) is 6.92 Å². The van der Waals surface area contributed by atoms with Crippen molar-refractivity contribution in [2.75, 3.05) is 19.0 Å². The molecule has 5 nitrogen and oxygen atoms in total. The minimum Gasteiger partial charge on any atom is -0.497 e. The third kappa shape index (κ3) is 3.81. The fraction of sp³-hybridized carbons (Fsp3) is 0.440. The van der Waals surface area contributed by atoms with Crippen LogP contribution in [-0.4, -0.2) is 36.4 Å². The summed E-state index contributed by atoms with van der Waals surface area (Å²) in [5.41, 5.74) is 2.38. The molecule has 2 aromatic rings. The van der Waals surface area contributed by atoms with Crippen LogP contribution < -0.4 is 10.1 Å². The Morgan fingerprint density at radius 3 is 2.47 bits per heavy atom. The number of nitrogens with one attached hydrogen (secondary N) is 1. The van der Waals surface area contributed by atoms with Gasteiger partial charge in [0.25, 0.3) is 0 Å². The lowest BCUT2D eigenvalue weighted by atomic mass is 9.77. The molecular weight excluding hydrogens is 376 g/mol. The highest BCUT2D eigenvalue weighted by molar-refractivity contribution is 5.99. The summed E-state index contributed by atoms with van der Waals surface area (Å²) >= 11 is 0. The maximum absolute atomic E-state index is 13.9. The van der Waals surface area contributed by atoms with Crippen LogP contribution in [0.3, 0.4) is 0 Å². The predicted octanol–water partition coefficient (Wildman–Crippen LogP) is 4.45. The Balaban J connectivity index is 1.57. The monoisotopic (exact) mass is 406 g/mol. The molecule has 1 aliphatic carbocycles. The van der Waals surface area contributed by atoms with Crippen molar-refractivity contribution in [3.8, 4) is 5.75 Å². The standard InChI is InChI=1S/C25H30N2O3/c1-18-7-5-8-20(17-18)26-23(28)22-9-6-16-27(22)24(29)25(14-3-4-15-25)19-10-12-21(30-2)13-11-19/h5,7-8,10-13,17,22H,3-4,6,9,14-16H2,1-2H3,(H,26,28)/t22-/m1/s1. The van der Waals surface area contributed by atoms with E-state index in [-0.39, 0.29) is 11.8 Å². The summed E-state index contributed by atoms with van der Waals surface area (Å²) in [4.78, 5) is 28.8. The van der Waals surface area contributed by atoms with Crippen molar-refractivity contribution in [2.24, 2.45) is 0 Å². The number of nitrogens with zero attached hydrogens (tertiary/aromatic N) is 1. The molecule has 1 aliphatic heterocycles. The van der Waals surface area contributed by atoms with Gasteiger partial charge in [0.1, 0.15) is 11.8 Å². The second kappa shape index (κ2) is 8.50. The van der Waals surface area contributed by atoms with Crippen LogP contribution in [-0.2, 0) is 15.0 Å². The van der Waals surface area contributed by atoms with Crippen LogP contribution in [0.25, 0.3) is 0 Å². The molecule has 0 radical (unpaired) electrons. The minimum absolute atomic E-state index is 0.0886. The summed E-state index contributed by atoms with van der Waals surface area (Å²) < 4.78 is 5.29. The van der Waals surface area contributed by atoms with Crippen molar-refractivity contribution in [3.05, 3.63) is 59.7 Å². The number of hydrogen-bond donors (Lipinski definition) is 1. The number of benzene rings is 2. The summed E-state index contributed by atoms with van der Waals surface area (Å²) in [6.45, 7) is 2.64. The molecule has 2 amide bonds. The van der Waals surface area contributed by atoms with Crippen molar-refractivity contribution in [1.82, 2.24) is 4.90 Å². The second-order valence-corrected chi connectivity index (χ2v) is 8.53. The van der Waals surface area contributed by atoms with Crippen molar-refractivity contribution >= 4 is 17.5 Å². The first-order chi connectivity index (χ1) is 14.5. The maximum Gasteiger partial charge on any atom is 0.247 e. The summed E-state index contributed by atoms with van der Waals surface area (Å²) in [6, 6.07) is 15.2. The SMILES string of the molecule is COc1ccc(C2(C(=O)N3CCC[C@@H]3C(=O)Nc3cccc(C)c3)CCCC2)cc1. The van der Waals surface area contributed by atoms with E-state index in [0.29, 0.717) is 13.0 Å². The van der Waals surface area contributed by atoms with E-state index in [1.54, 1.807) is 7.11 Å². The zero-order valence-corrected chi connectivity index (χ0v) is 17.8. The first-order valence-electron chi connectivity index (χ1n) is 10.9. The van der Waals surface area contributed by atoms with Gasteiger partial charge in [-0.3, -0.25) is 9.59 Å². The maximum atomic E-state index is 13.9. The molecule has 5 heteroatoms. The van der Waals surface area contributed by atoms with Gasteiger partial charge >= 0.3 is 0 Å². The van der Waals surface area contributed by atoms with Gasteiger partial charge in [0.2, 0.25) is 11.8 Å². The first kappa shape index (κ1) is 20.5. The van der Waals surface area contributed by atoms with Crippen LogP contribution in [0.2, 0.25) is 0 Å². The van der Waals surface area contributed by atoms with E-state index in [9.17, 15) is 9.59 Å². The number of carbonyl (C=O) groups is 2. The smallest absolute Gasteiger partial charge is 0.247 e. The van der Waals surface area contributed by atoms with Gasteiger partial charge in [-0.25, -0.2) is 0 Å². The van der Waals surface area contributed by atoms with E-state index in [0.717, 1.165) is 54.7 Å². The average Bonchev–Trinajstić information content (AvgIpc) is 3.44. The summed E-state index contributed by atoms with van der Waals surface area (Å²) in [5.74, 6) is 0.803. The van der Waals surface area contributed by atoms with E-state index in [1.165, 1.54) is 0 Å². The molecule has 30 heavy (non-hydrogen) atoms. The molecule has 0 aromatic heterocycles. The van der Waals surface area contributed by atoms with Crippen molar-refractivity contribution in [3.63, 3.8) is 0 Å². The number of hydrogen-bond acceptors (Lipinski definition) is 3. The molecule has 2 fully saturated rings. The Morgan fingerprint density at radius 1 is 1.07 bits per heavy atom. The Morgan fingerprint density at radius 2 is 1.80 bits per heavy atom. The molecule has 1 atom stereocenters. The van der Waals surface area contributed by atoms with E-state index in [2.05, 4.69) is 5.32 Å². The molecule has 1 N–H and O–H groups in total. The molecule has 1 saturated heterocycles. The van der Waals surface area contributed by atoms with Gasteiger partial charge in [-0.15, -0.1) is 0 Å². The van der Waals surface area contributed by atoms with E-state index in [1.807, 2.05) is 60.4 Å². The normalized spacial score (nSPS) is 20.2. The summed E-state index contributed by atoms with van der Waals surface area (Å²) in [7, 11) is 1.65. The molecule has 4 rings (SSSR count). The van der Waals surface area contributed by atoms with E-state index in [4.69, 9.17) is 4.74 Å². The molecule has 2 aromatic carbocycles. The number of amides is 2. The number of methoxy groups -OCH3 is 1. The van der Waals surface area contributed by atoms with Gasteiger partial charge in [0.05, 0.1) is 12.5 Å². The number of rotatable bonds is 5.